The highest BCUT2D eigenvalue weighted by atomic mass is 32.1. The van der Waals surface area contributed by atoms with E-state index in [2.05, 4.69) is 5.32 Å². The van der Waals surface area contributed by atoms with E-state index in [9.17, 15) is 43.9 Å². The molecular weight excluding hydrogens is 1130 g/mol. The molecular formula is C59H80BN3O15S4. The molecule has 5 aromatic carbocycles. The van der Waals surface area contributed by atoms with Gasteiger partial charge in [0.05, 0.1) is 20.3 Å². The lowest BCUT2D eigenvalue weighted by atomic mass is 9.78. The molecule has 448 valence electrons. The number of methoxy groups -OCH3 is 2. The first kappa shape index (κ1) is 73.5. The average molecular weight is 1210 g/mol. The van der Waals surface area contributed by atoms with Crippen LogP contribution in [0.5, 0.6) is 28.7 Å². The van der Waals surface area contributed by atoms with Crippen molar-refractivity contribution in [2.75, 3.05) is 28.3 Å². The van der Waals surface area contributed by atoms with E-state index in [1.165, 1.54) is 50.2 Å². The van der Waals surface area contributed by atoms with Gasteiger partial charge >= 0.3 is 25.3 Å². The summed E-state index contributed by atoms with van der Waals surface area (Å²) in [5, 5.41) is 32.1. The third-order valence-corrected chi connectivity index (χ3v) is 12.5. The zero-order valence-electron chi connectivity index (χ0n) is 48.2. The number of aromatic hydroxyl groups is 1. The second-order valence-corrected chi connectivity index (χ2v) is 21.0. The zero-order chi connectivity index (χ0) is 57.5. The summed E-state index contributed by atoms with van der Waals surface area (Å²) in [7, 11) is 4.12. The average Bonchev–Trinajstić information content (AvgIpc) is 3.38. The summed E-state index contributed by atoms with van der Waals surface area (Å²) < 4.78 is 33.2. The fourth-order valence-electron chi connectivity index (χ4n) is 8.28. The first-order valence-corrected chi connectivity index (χ1v) is 25.4. The van der Waals surface area contributed by atoms with E-state index >= 15 is 0 Å². The molecule has 0 aliphatic carbocycles. The monoisotopic (exact) mass is 1210 g/mol. The van der Waals surface area contributed by atoms with Gasteiger partial charge in [-0.15, -0.1) is 0 Å². The van der Waals surface area contributed by atoms with E-state index in [1.54, 1.807) is 92.1 Å². The van der Waals surface area contributed by atoms with E-state index in [0.29, 0.717) is 41.2 Å². The molecule has 0 spiro atoms. The molecule has 4 N–H and O–H groups in total. The Morgan fingerprint density at radius 2 is 1.24 bits per heavy atom. The van der Waals surface area contributed by atoms with Crippen LogP contribution in [0.4, 0.5) is 9.59 Å². The summed E-state index contributed by atoms with van der Waals surface area (Å²) in [6, 6.07) is 29.6. The second kappa shape index (κ2) is 33.6. The lowest BCUT2D eigenvalue weighted by molar-refractivity contribution is -0.149. The van der Waals surface area contributed by atoms with Gasteiger partial charge in [-0.1, -0.05) is 72.8 Å². The standard InChI is InChI=1S/C32H39BN2O9.C27H33NO6.4H2S/c1-32(2,3)44-31(39)35(4)27(19-21-11-14-24(36)15-12-21)29(37)34-26(30(38)43-20-22-9-7-6-8-10-22)18-23-13-16-28(42-5)25(17-23)33(40)41;1-17(29)20-13-19-9-12-24(32-6)25(15-19)33-21-10-7-18(8-11-21)14-22(23(30)16-20)28(5)26(31)34-27(2,3)4;;;;/h6-17,26-27,36,40-41H,18-20H2,1-5H3,(H,34,37);7-12,15,20,22H,13-14,16H2,1-6H3;4*1H2/t26-,27-;20-,22+;;;;/m01..../s1. The highest BCUT2D eigenvalue weighted by Gasteiger charge is 2.35. The molecule has 2 aliphatic rings. The maximum absolute atomic E-state index is 13.9. The van der Waals surface area contributed by atoms with Gasteiger partial charge in [0.2, 0.25) is 5.91 Å². The van der Waals surface area contributed by atoms with Crippen molar-refractivity contribution in [3.8, 4) is 28.7 Å². The first-order chi connectivity index (χ1) is 36.7. The molecule has 0 saturated heterocycles. The number of hydrogen-bond donors (Lipinski definition) is 4. The number of carbonyl (C=O) groups excluding carboxylic acids is 6. The van der Waals surface area contributed by atoms with Gasteiger partial charge in [0.15, 0.2) is 17.3 Å². The number of hydrogen-bond acceptors (Lipinski definition) is 15. The van der Waals surface area contributed by atoms with Gasteiger partial charge in [-0.25, -0.2) is 14.4 Å². The van der Waals surface area contributed by atoms with E-state index in [1.807, 2.05) is 54.6 Å². The smallest absolute Gasteiger partial charge is 0.492 e. The van der Waals surface area contributed by atoms with Crippen LogP contribution in [-0.4, -0.2) is 125 Å². The number of carbonyl (C=O) groups is 6. The molecule has 5 aromatic rings. The number of esters is 1. The number of ether oxygens (including phenoxy) is 6. The summed E-state index contributed by atoms with van der Waals surface area (Å²) in [5.41, 5.74) is 2.18. The van der Waals surface area contributed by atoms with Crippen LogP contribution in [0.1, 0.15) is 82.7 Å². The topological polar surface area (TPSA) is 237 Å². The van der Waals surface area contributed by atoms with Crippen LogP contribution in [0.2, 0.25) is 0 Å². The summed E-state index contributed by atoms with van der Waals surface area (Å²) in [6.07, 6.45) is -0.631. The lowest BCUT2D eigenvalue weighted by Gasteiger charge is -2.31. The fraction of sp³-hybridized carbons (Fsp3) is 0.390. The van der Waals surface area contributed by atoms with Crippen LogP contribution in [0.3, 0.4) is 0 Å². The summed E-state index contributed by atoms with van der Waals surface area (Å²) in [6.45, 7) is 11.9. The summed E-state index contributed by atoms with van der Waals surface area (Å²) >= 11 is 0. The highest BCUT2D eigenvalue weighted by molar-refractivity contribution is 7.59. The number of amides is 3. The van der Waals surface area contributed by atoms with E-state index < -0.39 is 66.4 Å². The van der Waals surface area contributed by atoms with Crippen molar-refractivity contribution in [1.29, 1.82) is 0 Å². The number of fused-ring (bicyclic) bond motifs is 7. The van der Waals surface area contributed by atoms with Gasteiger partial charge in [0, 0.05) is 51.2 Å². The number of Topliss-reactive ketones (excluding diaryl/α,β-unsaturated/α-hetero) is 2. The minimum absolute atomic E-state index is 0. The molecule has 2 heterocycles. The Balaban J connectivity index is 0.000000804. The Morgan fingerprint density at radius 1 is 0.683 bits per heavy atom. The molecule has 0 radical (unpaired) electrons. The van der Waals surface area contributed by atoms with Crippen molar-refractivity contribution < 1.29 is 72.3 Å². The number of nitrogens with one attached hydrogen (secondary N) is 1. The number of nitrogens with zero attached hydrogens (tertiary/aromatic N) is 2. The van der Waals surface area contributed by atoms with Crippen molar-refractivity contribution in [2.24, 2.45) is 5.92 Å². The molecule has 3 amide bonds. The van der Waals surface area contributed by atoms with Gasteiger partial charge in [0.25, 0.3) is 0 Å². The maximum atomic E-state index is 13.9. The van der Waals surface area contributed by atoms with E-state index in [0.717, 1.165) is 21.6 Å². The normalized spacial score (nSPS) is 14.3. The van der Waals surface area contributed by atoms with Crippen LogP contribution in [-0.2, 0) is 65.7 Å². The fourth-order valence-corrected chi connectivity index (χ4v) is 8.28. The van der Waals surface area contributed by atoms with Crippen LogP contribution < -0.4 is 25.0 Å². The largest absolute Gasteiger partial charge is 0.508 e. The third kappa shape index (κ3) is 22.7. The highest BCUT2D eigenvalue weighted by Crippen LogP contribution is 2.34. The molecule has 82 heavy (non-hydrogen) atoms. The molecule has 18 nitrogen and oxygen atoms in total. The van der Waals surface area contributed by atoms with Crippen LogP contribution in [0.25, 0.3) is 0 Å². The second-order valence-electron chi connectivity index (χ2n) is 21.0. The predicted octanol–water partition coefficient (Wildman–Crippen LogP) is 7.77. The molecule has 2 aliphatic heterocycles. The Kier molecular flexibility index (Phi) is 30.1. The number of phenolic OH excluding ortho intramolecular Hbond substituents is 1. The van der Waals surface area contributed by atoms with Gasteiger partial charge in [-0.3, -0.25) is 19.3 Å². The predicted molar refractivity (Wildman–Crippen MR) is 334 cm³/mol. The molecule has 0 unspecified atom stereocenters. The molecule has 4 atom stereocenters. The molecule has 7 rings (SSSR count). The first-order valence-electron chi connectivity index (χ1n) is 25.4. The van der Waals surface area contributed by atoms with Crippen molar-refractivity contribution in [2.45, 2.75) is 117 Å². The van der Waals surface area contributed by atoms with Crippen LogP contribution in [0.15, 0.2) is 115 Å². The van der Waals surface area contributed by atoms with Gasteiger partial charge in [0.1, 0.15) is 52.9 Å². The van der Waals surface area contributed by atoms with Gasteiger partial charge < -0.3 is 53.8 Å². The van der Waals surface area contributed by atoms with E-state index in [-0.39, 0.29) is 108 Å². The molecule has 23 heteroatoms. The minimum Gasteiger partial charge on any atom is -0.508 e. The van der Waals surface area contributed by atoms with Gasteiger partial charge in [-0.2, -0.15) is 54.0 Å². The Morgan fingerprint density at radius 3 is 1.80 bits per heavy atom. The Labute approximate surface area is 509 Å². The zero-order valence-corrected chi connectivity index (χ0v) is 52.2. The number of ketones is 2. The maximum Gasteiger partial charge on any atom is 0.492 e. The lowest BCUT2D eigenvalue weighted by Crippen LogP contribution is -2.54. The third-order valence-electron chi connectivity index (χ3n) is 12.5. The molecule has 4 bridgehead atoms. The number of benzene rings is 5. The van der Waals surface area contributed by atoms with Crippen molar-refractivity contribution in [3.05, 3.63) is 143 Å². The molecule has 0 fully saturated rings. The Hall–Kier alpha value is -6.50. The van der Waals surface area contributed by atoms with Crippen molar-refractivity contribution >= 4 is 102 Å². The number of rotatable bonds is 15. The summed E-state index contributed by atoms with van der Waals surface area (Å²) in [4.78, 5) is 81.6. The van der Waals surface area contributed by atoms with Crippen LogP contribution in [0, 0.1) is 5.92 Å². The number of phenols is 1. The van der Waals surface area contributed by atoms with Crippen LogP contribution >= 0.6 is 54.0 Å². The summed E-state index contributed by atoms with van der Waals surface area (Å²) in [5.74, 6) is -0.144. The Bertz CT molecular complexity index is 2870. The SMILES string of the molecule is COc1ccc(C[C@H](NC(=O)[C@H](Cc2ccc(O)cc2)N(C)C(=O)OC(C)(C)C)C(=O)OCc2ccccc2)cc1B(O)O.COc1ccc2cc1Oc1ccc(cc1)C[C@H](N(C)C(=O)OC(C)(C)C)C(=O)C[C@H](C(C)=O)C2.S.S.S.S. The molecule has 0 aromatic heterocycles. The minimum atomic E-state index is -1.83. The number of likely N-dealkylation sites (N-methyl/N-ethyl adjacent to an activating group) is 2. The van der Waals surface area contributed by atoms with E-state index in [4.69, 9.17) is 28.4 Å². The van der Waals surface area contributed by atoms with Crippen molar-refractivity contribution in [1.82, 2.24) is 15.1 Å². The van der Waals surface area contributed by atoms with Gasteiger partial charge in [-0.05, 0) is 125 Å². The molecule has 0 saturated carbocycles. The van der Waals surface area contributed by atoms with Crippen molar-refractivity contribution in [3.63, 3.8) is 0 Å². The quantitative estimate of drug-likeness (QED) is 0.0445.